The van der Waals surface area contributed by atoms with Gasteiger partial charge in [0.15, 0.2) is 0 Å². The molecule has 0 heterocycles. The summed E-state index contributed by atoms with van der Waals surface area (Å²) in [4.78, 5) is 12.7. The van der Waals surface area contributed by atoms with E-state index in [4.69, 9.17) is 16.3 Å². The van der Waals surface area contributed by atoms with Crippen molar-refractivity contribution in [2.75, 3.05) is 5.75 Å². The van der Waals surface area contributed by atoms with Crippen LogP contribution in [0.2, 0.25) is 5.02 Å². The zero-order valence-corrected chi connectivity index (χ0v) is 16.6. The molecular formula is C20H29ClO2S. The van der Waals surface area contributed by atoms with Crippen LogP contribution in [-0.4, -0.2) is 22.6 Å². The molecule has 0 aromatic heterocycles. The van der Waals surface area contributed by atoms with Gasteiger partial charge in [-0.15, -0.1) is 0 Å². The minimum absolute atomic E-state index is 0.106. The molecule has 0 amide bonds. The molecule has 1 atom stereocenters. The van der Waals surface area contributed by atoms with Crippen LogP contribution in [0.4, 0.5) is 0 Å². The Bertz CT molecular complexity index is 533. The summed E-state index contributed by atoms with van der Waals surface area (Å²) in [6.45, 7) is 5.77. The number of benzene rings is 1. The molecule has 0 aliphatic heterocycles. The Morgan fingerprint density at radius 1 is 1.25 bits per heavy atom. The zero-order valence-electron chi connectivity index (χ0n) is 15.0. The Morgan fingerprint density at radius 3 is 2.54 bits per heavy atom. The van der Waals surface area contributed by atoms with Crippen LogP contribution in [0.15, 0.2) is 24.3 Å². The maximum atomic E-state index is 12.7. The fraction of sp³-hybridized carbons (Fsp3) is 0.650. The van der Waals surface area contributed by atoms with Gasteiger partial charge in [0.2, 0.25) is 0 Å². The third kappa shape index (κ3) is 6.68. The van der Waals surface area contributed by atoms with E-state index in [1.807, 2.05) is 56.8 Å². The number of ether oxygens (including phenoxy) is 1. The van der Waals surface area contributed by atoms with E-state index in [-0.39, 0.29) is 11.9 Å². The first-order valence-corrected chi connectivity index (χ1v) is 10.4. The standard InChI is InChI=1S/C20H29ClO2S/c1-20(2,3)23-19(22)16(13-15-9-7-8-12-18(15)21)14-24-17-10-5-4-6-11-17/h7-9,12,16-17H,4-6,10-11,13-14H2,1-3H3. The van der Waals surface area contributed by atoms with Crippen LogP contribution in [0.25, 0.3) is 0 Å². The van der Waals surface area contributed by atoms with Crippen molar-refractivity contribution in [2.45, 2.75) is 70.1 Å². The SMILES string of the molecule is CC(C)(C)OC(=O)C(CSC1CCCCC1)Cc1ccccc1Cl. The second-order valence-corrected chi connectivity index (χ2v) is 9.36. The molecule has 2 nitrogen and oxygen atoms in total. The molecule has 1 aromatic rings. The van der Waals surface area contributed by atoms with Crippen molar-refractivity contribution < 1.29 is 9.53 Å². The number of thioether (sulfide) groups is 1. The van der Waals surface area contributed by atoms with E-state index in [2.05, 4.69) is 0 Å². The van der Waals surface area contributed by atoms with E-state index < -0.39 is 5.60 Å². The van der Waals surface area contributed by atoms with Gasteiger partial charge < -0.3 is 4.74 Å². The number of esters is 1. The van der Waals surface area contributed by atoms with Crippen LogP contribution >= 0.6 is 23.4 Å². The summed E-state index contributed by atoms with van der Waals surface area (Å²) >= 11 is 8.24. The molecule has 0 saturated heterocycles. The third-order valence-corrected chi connectivity index (χ3v) is 6.16. The highest BCUT2D eigenvalue weighted by molar-refractivity contribution is 7.99. The van der Waals surface area contributed by atoms with E-state index >= 15 is 0 Å². The first-order chi connectivity index (χ1) is 11.3. The summed E-state index contributed by atoms with van der Waals surface area (Å²) in [5.74, 6) is 0.562. The first-order valence-electron chi connectivity index (χ1n) is 8.93. The minimum Gasteiger partial charge on any atom is -0.460 e. The fourth-order valence-electron chi connectivity index (χ4n) is 3.01. The highest BCUT2D eigenvalue weighted by Gasteiger charge is 2.27. The summed E-state index contributed by atoms with van der Waals surface area (Å²) in [6.07, 6.45) is 7.19. The lowest BCUT2D eigenvalue weighted by Gasteiger charge is -2.26. The Hall–Kier alpha value is -0.670. The molecule has 4 heteroatoms. The molecule has 1 aliphatic rings. The monoisotopic (exact) mass is 368 g/mol. The number of hydrogen-bond donors (Lipinski definition) is 0. The van der Waals surface area contributed by atoms with Crippen molar-refractivity contribution in [3.63, 3.8) is 0 Å². The average molecular weight is 369 g/mol. The van der Waals surface area contributed by atoms with Crippen LogP contribution in [0, 0.1) is 5.92 Å². The molecule has 1 aromatic carbocycles. The molecular weight excluding hydrogens is 340 g/mol. The van der Waals surface area contributed by atoms with Gasteiger partial charge in [0.05, 0.1) is 5.92 Å². The highest BCUT2D eigenvalue weighted by atomic mass is 35.5. The van der Waals surface area contributed by atoms with Gasteiger partial charge in [0.25, 0.3) is 0 Å². The highest BCUT2D eigenvalue weighted by Crippen LogP contribution is 2.31. The lowest BCUT2D eigenvalue weighted by atomic mass is 10.00. The van der Waals surface area contributed by atoms with Crippen molar-refractivity contribution in [1.82, 2.24) is 0 Å². The molecule has 1 fully saturated rings. The van der Waals surface area contributed by atoms with E-state index in [1.165, 1.54) is 32.1 Å². The largest absolute Gasteiger partial charge is 0.460 e. The predicted octanol–water partition coefficient (Wildman–Crippen LogP) is 5.91. The average Bonchev–Trinajstić information content (AvgIpc) is 2.52. The van der Waals surface area contributed by atoms with E-state index in [1.54, 1.807) is 0 Å². The number of hydrogen-bond acceptors (Lipinski definition) is 3. The number of rotatable bonds is 6. The van der Waals surface area contributed by atoms with Crippen LogP contribution < -0.4 is 0 Å². The molecule has 0 spiro atoms. The van der Waals surface area contributed by atoms with Crippen LogP contribution in [0.3, 0.4) is 0 Å². The van der Waals surface area contributed by atoms with E-state index in [0.717, 1.165) is 16.3 Å². The summed E-state index contributed by atoms with van der Waals surface area (Å²) in [6, 6.07) is 7.79. The maximum Gasteiger partial charge on any atom is 0.310 e. The van der Waals surface area contributed by atoms with Gasteiger partial charge in [0, 0.05) is 16.0 Å². The maximum absolute atomic E-state index is 12.7. The number of carbonyl (C=O) groups is 1. The van der Waals surface area contributed by atoms with Gasteiger partial charge in [0.1, 0.15) is 5.60 Å². The molecule has 0 bridgehead atoms. The second kappa shape index (κ2) is 9.15. The van der Waals surface area contributed by atoms with Gasteiger partial charge in [-0.05, 0) is 51.7 Å². The van der Waals surface area contributed by atoms with Crippen LogP contribution in [0.5, 0.6) is 0 Å². The number of carbonyl (C=O) groups excluding carboxylic acids is 1. The van der Waals surface area contributed by atoms with Gasteiger partial charge in [-0.1, -0.05) is 49.1 Å². The third-order valence-electron chi connectivity index (χ3n) is 4.25. The molecule has 1 aliphatic carbocycles. The topological polar surface area (TPSA) is 26.3 Å². The Morgan fingerprint density at radius 2 is 1.92 bits per heavy atom. The molecule has 0 N–H and O–H groups in total. The molecule has 1 saturated carbocycles. The van der Waals surface area contributed by atoms with Gasteiger partial charge in [-0.25, -0.2) is 0 Å². The van der Waals surface area contributed by atoms with Crippen molar-refractivity contribution >= 4 is 29.3 Å². The number of halogens is 1. The fourth-order valence-corrected chi connectivity index (χ4v) is 4.65. The van der Waals surface area contributed by atoms with Crippen molar-refractivity contribution in [3.8, 4) is 0 Å². The lowest BCUT2D eigenvalue weighted by molar-refractivity contribution is -0.159. The summed E-state index contributed by atoms with van der Waals surface area (Å²) in [5.41, 5.74) is 0.574. The smallest absolute Gasteiger partial charge is 0.310 e. The van der Waals surface area contributed by atoms with Crippen molar-refractivity contribution in [1.29, 1.82) is 0 Å². The van der Waals surface area contributed by atoms with Gasteiger partial charge >= 0.3 is 5.97 Å². The van der Waals surface area contributed by atoms with Crippen molar-refractivity contribution in [2.24, 2.45) is 5.92 Å². The quantitative estimate of drug-likeness (QED) is 0.584. The van der Waals surface area contributed by atoms with Crippen LogP contribution in [0.1, 0.15) is 58.4 Å². The molecule has 1 unspecified atom stereocenters. The molecule has 134 valence electrons. The van der Waals surface area contributed by atoms with E-state index in [9.17, 15) is 4.79 Å². The molecule has 2 rings (SSSR count). The normalized spacial score (nSPS) is 17.5. The minimum atomic E-state index is -0.453. The van der Waals surface area contributed by atoms with Gasteiger partial charge in [-0.3, -0.25) is 4.79 Å². The Labute approximate surface area is 155 Å². The lowest BCUT2D eigenvalue weighted by Crippen LogP contribution is -2.31. The Balaban J connectivity index is 2.02. The predicted molar refractivity (Wildman–Crippen MR) is 104 cm³/mol. The molecule has 0 radical (unpaired) electrons. The summed E-state index contributed by atoms with van der Waals surface area (Å²) in [5, 5.41) is 1.42. The Kier molecular flexibility index (Phi) is 7.49. The zero-order chi connectivity index (χ0) is 17.6. The summed E-state index contributed by atoms with van der Waals surface area (Å²) in [7, 11) is 0. The first kappa shape index (κ1) is 19.7. The second-order valence-electron chi connectivity index (χ2n) is 7.62. The van der Waals surface area contributed by atoms with Gasteiger partial charge in [-0.2, -0.15) is 11.8 Å². The molecule has 24 heavy (non-hydrogen) atoms. The van der Waals surface area contributed by atoms with Crippen LogP contribution in [-0.2, 0) is 16.0 Å². The summed E-state index contributed by atoms with van der Waals surface area (Å²) < 4.78 is 5.66. The van der Waals surface area contributed by atoms with E-state index in [0.29, 0.717) is 11.7 Å². The van der Waals surface area contributed by atoms with Crippen molar-refractivity contribution in [3.05, 3.63) is 34.9 Å².